The lowest BCUT2D eigenvalue weighted by Gasteiger charge is -2.15. The molecule has 0 atom stereocenters. The van der Waals surface area contributed by atoms with Gasteiger partial charge < -0.3 is 10.6 Å². The maximum atomic E-state index is 12.6. The van der Waals surface area contributed by atoms with Gasteiger partial charge in [-0.05, 0) is 24.6 Å². The van der Waals surface area contributed by atoms with Gasteiger partial charge in [-0.15, -0.1) is 0 Å². The fourth-order valence-corrected chi connectivity index (χ4v) is 1.58. The predicted molar refractivity (Wildman–Crippen MR) is 68.4 cm³/mol. The molecule has 0 aliphatic rings. The summed E-state index contributed by atoms with van der Waals surface area (Å²) in [5.41, 5.74) is -3.53. The van der Waals surface area contributed by atoms with Gasteiger partial charge in [-0.2, -0.15) is 26.3 Å². The molecule has 0 spiro atoms. The molecule has 0 saturated carbocycles. The number of rotatable bonds is 4. The first-order chi connectivity index (χ1) is 10.0. The van der Waals surface area contributed by atoms with Crippen LogP contribution in [0, 0.1) is 0 Å². The van der Waals surface area contributed by atoms with E-state index in [-0.39, 0.29) is 12.6 Å². The Labute approximate surface area is 122 Å². The molecule has 0 heterocycles. The number of urea groups is 1. The number of carbonyl (C=O) groups is 1. The third-order valence-corrected chi connectivity index (χ3v) is 2.66. The average molecular weight is 328 g/mol. The molecule has 2 N–H and O–H groups in total. The highest BCUT2D eigenvalue weighted by Crippen LogP contribution is 2.37. The van der Waals surface area contributed by atoms with E-state index in [1.165, 1.54) is 0 Å². The zero-order valence-corrected chi connectivity index (χ0v) is 11.5. The first-order valence-corrected chi connectivity index (χ1v) is 6.38. The van der Waals surface area contributed by atoms with E-state index in [1.807, 2.05) is 12.2 Å². The zero-order chi connectivity index (χ0) is 17.0. The van der Waals surface area contributed by atoms with Crippen molar-refractivity contribution in [1.82, 2.24) is 5.32 Å². The predicted octanol–water partition coefficient (Wildman–Crippen LogP) is 4.65. The van der Waals surface area contributed by atoms with Crippen molar-refractivity contribution in [3.8, 4) is 0 Å². The van der Waals surface area contributed by atoms with Crippen molar-refractivity contribution in [2.45, 2.75) is 32.1 Å². The summed E-state index contributed by atoms with van der Waals surface area (Å²) in [6.45, 7) is 2.13. The molecule has 1 aromatic rings. The first kappa shape index (κ1) is 18.1. The Morgan fingerprint density at radius 3 is 1.91 bits per heavy atom. The average Bonchev–Trinajstić information content (AvgIpc) is 2.36. The number of nitrogens with one attached hydrogen (secondary N) is 2. The van der Waals surface area contributed by atoms with Gasteiger partial charge in [0.2, 0.25) is 0 Å². The lowest BCUT2D eigenvalue weighted by molar-refractivity contribution is -0.143. The van der Waals surface area contributed by atoms with Crippen LogP contribution in [0.5, 0.6) is 0 Å². The van der Waals surface area contributed by atoms with Crippen molar-refractivity contribution in [3.05, 3.63) is 29.3 Å². The van der Waals surface area contributed by atoms with Crippen molar-refractivity contribution in [3.63, 3.8) is 0 Å². The summed E-state index contributed by atoms with van der Waals surface area (Å²) >= 11 is 0. The maximum absolute atomic E-state index is 12.6. The summed E-state index contributed by atoms with van der Waals surface area (Å²) in [5.74, 6) is 0. The molecular weight excluding hydrogens is 314 g/mol. The zero-order valence-electron chi connectivity index (χ0n) is 11.5. The molecule has 1 rings (SSSR count). The van der Waals surface area contributed by atoms with E-state index in [1.54, 1.807) is 0 Å². The third-order valence-electron chi connectivity index (χ3n) is 2.66. The highest BCUT2D eigenvalue weighted by atomic mass is 19.4. The van der Waals surface area contributed by atoms with Gasteiger partial charge in [0.1, 0.15) is 0 Å². The van der Waals surface area contributed by atoms with Crippen LogP contribution in [0.1, 0.15) is 30.9 Å². The molecule has 0 bridgehead atoms. The molecular formula is C13H14F6N2O. The molecule has 0 radical (unpaired) electrons. The fraction of sp³-hybridized carbons (Fsp3) is 0.462. The summed E-state index contributed by atoms with van der Waals surface area (Å²) in [4.78, 5) is 11.4. The molecule has 0 unspecified atom stereocenters. The Kier molecular flexibility index (Phi) is 5.67. The second kappa shape index (κ2) is 6.89. The van der Waals surface area contributed by atoms with Crippen LogP contribution < -0.4 is 10.6 Å². The third kappa shape index (κ3) is 5.45. The van der Waals surface area contributed by atoms with E-state index in [0.717, 1.165) is 6.42 Å². The topological polar surface area (TPSA) is 41.1 Å². The fourth-order valence-electron chi connectivity index (χ4n) is 1.58. The van der Waals surface area contributed by atoms with Gasteiger partial charge in [0.15, 0.2) is 0 Å². The van der Waals surface area contributed by atoms with E-state index < -0.39 is 35.2 Å². The minimum absolute atomic E-state index is 0.000166. The highest BCUT2D eigenvalue weighted by molar-refractivity contribution is 5.89. The van der Waals surface area contributed by atoms with Crippen LogP contribution >= 0.6 is 0 Å². The monoisotopic (exact) mass is 328 g/mol. The molecule has 3 nitrogen and oxygen atoms in total. The van der Waals surface area contributed by atoms with Crippen LogP contribution in [0.2, 0.25) is 0 Å². The van der Waals surface area contributed by atoms with E-state index in [9.17, 15) is 31.1 Å². The standard InChI is InChI=1S/C13H14F6N2O/c1-2-3-4-20-11(22)21-10-6-8(12(14,15)16)5-9(7-10)13(17,18)19/h5-7H,2-4H2,1H3,(H2,20,21,22). The highest BCUT2D eigenvalue weighted by Gasteiger charge is 2.37. The van der Waals surface area contributed by atoms with Crippen LogP contribution in [0.25, 0.3) is 0 Å². The van der Waals surface area contributed by atoms with Gasteiger partial charge in [0.25, 0.3) is 0 Å². The second-order valence-electron chi connectivity index (χ2n) is 4.53. The quantitative estimate of drug-likeness (QED) is 0.613. The molecule has 1 aromatic carbocycles. The Bertz CT molecular complexity index is 492. The molecule has 0 aliphatic heterocycles. The van der Waals surface area contributed by atoms with Gasteiger partial charge >= 0.3 is 18.4 Å². The number of alkyl halides is 6. The van der Waals surface area contributed by atoms with Crippen molar-refractivity contribution in [2.75, 3.05) is 11.9 Å². The van der Waals surface area contributed by atoms with Crippen LogP contribution in [-0.4, -0.2) is 12.6 Å². The van der Waals surface area contributed by atoms with Gasteiger partial charge in [0.05, 0.1) is 11.1 Å². The van der Waals surface area contributed by atoms with Crippen LogP contribution in [0.15, 0.2) is 18.2 Å². The minimum Gasteiger partial charge on any atom is -0.338 e. The minimum atomic E-state index is -4.95. The smallest absolute Gasteiger partial charge is 0.338 e. The molecule has 0 aliphatic carbocycles. The summed E-state index contributed by atoms with van der Waals surface area (Å²) in [5, 5.41) is 4.31. The summed E-state index contributed by atoms with van der Waals surface area (Å²) in [6, 6.07) is 0.0459. The Morgan fingerprint density at radius 1 is 1.00 bits per heavy atom. The normalized spacial score (nSPS) is 12.1. The maximum Gasteiger partial charge on any atom is 0.416 e. The van der Waals surface area contributed by atoms with E-state index in [0.29, 0.717) is 18.6 Å². The lowest BCUT2D eigenvalue weighted by Crippen LogP contribution is -2.29. The van der Waals surface area contributed by atoms with Crippen molar-refractivity contribution < 1.29 is 31.1 Å². The van der Waals surface area contributed by atoms with Gasteiger partial charge in [-0.3, -0.25) is 0 Å². The first-order valence-electron chi connectivity index (χ1n) is 6.38. The summed E-state index contributed by atoms with van der Waals surface area (Å²) in [6.07, 6.45) is -8.47. The van der Waals surface area contributed by atoms with E-state index >= 15 is 0 Å². The van der Waals surface area contributed by atoms with Crippen LogP contribution in [0.4, 0.5) is 36.8 Å². The van der Waals surface area contributed by atoms with Gasteiger partial charge in [-0.1, -0.05) is 13.3 Å². The largest absolute Gasteiger partial charge is 0.416 e. The number of carbonyl (C=O) groups excluding carboxylic acids is 1. The number of unbranched alkanes of at least 4 members (excludes halogenated alkanes) is 1. The number of amides is 2. The lowest BCUT2D eigenvalue weighted by atomic mass is 10.1. The Morgan fingerprint density at radius 2 is 1.50 bits per heavy atom. The van der Waals surface area contributed by atoms with Crippen LogP contribution in [-0.2, 0) is 12.4 Å². The molecule has 22 heavy (non-hydrogen) atoms. The second-order valence-corrected chi connectivity index (χ2v) is 4.53. The number of halogens is 6. The molecule has 9 heteroatoms. The molecule has 0 aromatic heterocycles. The number of hydrogen-bond acceptors (Lipinski definition) is 1. The molecule has 0 saturated heterocycles. The summed E-state index contributed by atoms with van der Waals surface area (Å²) in [7, 11) is 0. The van der Waals surface area contributed by atoms with Crippen molar-refractivity contribution in [2.24, 2.45) is 0 Å². The molecule has 124 valence electrons. The molecule has 0 fully saturated rings. The van der Waals surface area contributed by atoms with Gasteiger partial charge in [-0.25, -0.2) is 4.79 Å². The van der Waals surface area contributed by atoms with Crippen molar-refractivity contribution in [1.29, 1.82) is 0 Å². The number of anilines is 1. The van der Waals surface area contributed by atoms with E-state index in [2.05, 4.69) is 5.32 Å². The van der Waals surface area contributed by atoms with E-state index in [4.69, 9.17) is 0 Å². The molecule has 2 amide bonds. The SMILES string of the molecule is CCCCNC(=O)Nc1cc(C(F)(F)F)cc(C(F)(F)F)c1. The van der Waals surface area contributed by atoms with Gasteiger partial charge in [0, 0.05) is 12.2 Å². The van der Waals surface area contributed by atoms with Crippen molar-refractivity contribution >= 4 is 11.7 Å². The number of benzene rings is 1. The van der Waals surface area contributed by atoms with Crippen LogP contribution in [0.3, 0.4) is 0 Å². The summed E-state index contributed by atoms with van der Waals surface area (Å²) < 4.78 is 75.8. The Hall–Kier alpha value is -1.93. The Balaban J connectivity index is 3.01. The number of hydrogen-bond donors (Lipinski definition) is 2.